The Kier molecular flexibility index (Phi) is 5.00. The quantitative estimate of drug-likeness (QED) is 0.877. The van der Waals surface area contributed by atoms with Gasteiger partial charge in [0, 0.05) is 13.1 Å². The first-order chi connectivity index (χ1) is 9.06. The van der Waals surface area contributed by atoms with Crippen molar-refractivity contribution < 1.29 is 5.11 Å². The van der Waals surface area contributed by atoms with Crippen LogP contribution in [0.25, 0.3) is 0 Å². The van der Waals surface area contributed by atoms with Gasteiger partial charge in [-0.05, 0) is 50.8 Å². The lowest BCUT2D eigenvalue weighted by Gasteiger charge is -2.24. The van der Waals surface area contributed by atoms with Crippen LogP contribution in [0, 0.1) is 19.8 Å². The Balaban J connectivity index is 1.90. The smallest absolute Gasteiger partial charge is 0.0919 e. The molecule has 1 aliphatic carbocycles. The van der Waals surface area contributed by atoms with E-state index in [-0.39, 0.29) is 6.10 Å². The molecule has 0 aromatic heterocycles. The van der Waals surface area contributed by atoms with E-state index >= 15 is 0 Å². The fourth-order valence-electron chi connectivity index (χ4n) is 3.30. The van der Waals surface area contributed by atoms with Crippen molar-refractivity contribution in [2.45, 2.75) is 45.6 Å². The van der Waals surface area contributed by atoms with Crippen LogP contribution in [0.2, 0.25) is 0 Å². The van der Waals surface area contributed by atoms with E-state index in [2.05, 4.69) is 44.0 Å². The molecule has 2 heteroatoms. The summed E-state index contributed by atoms with van der Waals surface area (Å²) in [6, 6.07) is 6.30. The maximum Gasteiger partial charge on any atom is 0.0919 e. The molecule has 1 aromatic carbocycles. The summed E-state index contributed by atoms with van der Waals surface area (Å²) in [7, 11) is 2.13. The number of aliphatic hydroxyl groups is 1. The molecule has 1 aliphatic rings. The van der Waals surface area contributed by atoms with Crippen LogP contribution < -0.4 is 0 Å². The second kappa shape index (κ2) is 6.53. The number of benzene rings is 1. The second-order valence-electron chi connectivity index (χ2n) is 6.25. The molecule has 1 N–H and O–H groups in total. The highest BCUT2D eigenvalue weighted by molar-refractivity contribution is 5.32. The van der Waals surface area contributed by atoms with E-state index in [0.29, 0.717) is 0 Å². The van der Waals surface area contributed by atoms with E-state index in [1.54, 1.807) is 0 Å². The Labute approximate surface area is 117 Å². The number of aryl methyl sites for hydroxylation is 2. The van der Waals surface area contributed by atoms with Crippen LogP contribution in [0.1, 0.15) is 48.5 Å². The lowest BCUT2D eigenvalue weighted by molar-refractivity contribution is 0.118. The molecule has 19 heavy (non-hydrogen) atoms. The van der Waals surface area contributed by atoms with Crippen molar-refractivity contribution in [1.29, 1.82) is 0 Å². The predicted molar refractivity (Wildman–Crippen MR) is 80.3 cm³/mol. The molecule has 0 heterocycles. The molecule has 1 atom stereocenters. The van der Waals surface area contributed by atoms with Crippen LogP contribution in [0.15, 0.2) is 18.2 Å². The lowest BCUT2D eigenvalue weighted by Crippen LogP contribution is -2.29. The third kappa shape index (κ3) is 4.05. The van der Waals surface area contributed by atoms with Crippen LogP contribution in [0.4, 0.5) is 0 Å². The zero-order chi connectivity index (χ0) is 13.8. The van der Waals surface area contributed by atoms with Gasteiger partial charge in [0.15, 0.2) is 0 Å². The highest BCUT2D eigenvalue weighted by Gasteiger charge is 2.19. The molecule has 1 saturated carbocycles. The summed E-state index contributed by atoms with van der Waals surface area (Å²) in [5.41, 5.74) is 3.53. The van der Waals surface area contributed by atoms with Gasteiger partial charge in [0.2, 0.25) is 0 Å². The summed E-state index contributed by atoms with van der Waals surface area (Å²) >= 11 is 0. The van der Waals surface area contributed by atoms with Crippen LogP contribution >= 0.6 is 0 Å². The SMILES string of the molecule is Cc1ccc(C(O)CN(C)CC2CCCC2)c(C)c1. The summed E-state index contributed by atoms with van der Waals surface area (Å²) < 4.78 is 0. The van der Waals surface area contributed by atoms with Crippen LogP contribution in [0.3, 0.4) is 0 Å². The molecule has 106 valence electrons. The van der Waals surface area contributed by atoms with Crippen LogP contribution in [-0.4, -0.2) is 30.1 Å². The molecular weight excluding hydrogens is 234 g/mol. The lowest BCUT2D eigenvalue weighted by atomic mass is 10.0. The van der Waals surface area contributed by atoms with Gasteiger partial charge in [0.25, 0.3) is 0 Å². The number of hydrogen-bond donors (Lipinski definition) is 1. The molecule has 0 amide bonds. The molecule has 1 unspecified atom stereocenters. The maximum atomic E-state index is 10.4. The third-order valence-corrected chi connectivity index (χ3v) is 4.31. The second-order valence-corrected chi connectivity index (χ2v) is 6.25. The number of rotatable bonds is 5. The van der Waals surface area contributed by atoms with E-state index in [4.69, 9.17) is 0 Å². The Morgan fingerprint density at radius 1 is 1.26 bits per heavy atom. The van der Waals surface area contributed by atoms with E-state index in [9.17, 15) is 5.11 Å². The molecule has 0 saturated heterocycles. The first kappa shape index (κ1) is 14.5. The molecule has 1 aromatic rings. The molecule has 2 rings (SSSR count). The standard InChI is InChI=1S/C17H27NO/c1-13-8-9-16(14(2)10-13)17(19)12-18(3)11-15-6-4-5-7-15/h8-10,15,17,19H,4-7,11-12H2,1-3H3. The fourth-order valence-corrected chi connectivity index (χ4v) is 3.30. The van der Waals surface area contributed by atoms with Crippen LogP contribution in [0.5, 0.6) is 0 Å². The third-order valence-electron chi connectivity index (χ3n) is 4.31. The Bertz CT molecular complexity index is 410. The van der Waals surface area contributed by atoms with Gasteiger partial charge in [-0.25, -0.2) is 0 Å². The van der Waals surface area contributed by atoms with Crippen LogP contribution in [-0.2, 0) is 0 Å². The highest BCUT2D eigenvalue weighted by Crippen LogP contribution is 2.26. The van der Waals surface area contributed by atoms with Crippen molar-refractivity contribution >= 4 is 0 Å². The number of nitrogens with zero attached hydrogens (tertiary/aromatic N) is 1. The van der Waals surface area contributed by atoms with Crippen molar-refractivity contribution in [2.24, 2.45) is 5.92 Å². The van der Waals surface area contributed by atoms with Crippen molar-refractivity contribution in [3.63, 3.8) is 0 Å². The molecule has 0 spiro atoms. The number of aliphatic hydroxyl groups excluding tert-OH is 1. The maximum absolute atomic E-state index is 10.4. The number of likely N-dealkylation sites (N-methyl/N-ethyl adjacent to an activating group) is 1. The van der Waals surface area contributed by atoms with Gasteiger partial charge in [-0.15, -0.1) is 0 Å². The zero-order valence-corrected chi connectivity index (χ0v) is 12.5. The molecular formula is C17H27NO. The minimum absolute atomic E-state index is 0.369. The molecule has 2 nitrogen and oxygen atoms in total. The molecule has 1 fully saturated rings. The van der Waals surface area contributed by atoms with Gasteiger partial charge in [-0.1, -0.05) is 36.6 Å². The summed E-state index contributed by atoms with van der Waals surface area (Å²) in [6.07, 6.45) is 5.14. The first-order valence-electron chi connectivity index (χ1n) is 7.50. The van der Waals surface area contributed by atoms with E-state index in [0.717, 1.165) is 24.6 Å². The van der Waals surface area contributed by atoms with Crippen molar-refractivity contribution in [2.75, 3.05) is 20.1 Å². The fraction of sp³-hybridized carbons (Fsp3) is 0.647. The highest BCUT2D eigenvalue weighted by atomic mass is 16.3. The van der Waals surface area contributed by atoms with Gasteiger partial charge < -0.3 is 10.0 Å². The summed E-state index contributed by atoms with van der Waals surface area (Å²) in [5, 5.41) is 10.4. The Morgan fingerprint density at radius 2 is 1.95 bits per heavy atom. The van der Waals surface area contributed by atoms with E-state index in [1.807, 2.05) is 0 Å². The normalized spacial score (nSPS) is 18.2. The largest absolute Gasteiger partial charge is 0.387 e. The number of hydrogen-bond acceptors (Lipinski definition) is 2. The average molecular weight is 261 g/mol. The molecule has 0 bridgehead atoms. The van der Waals surface area contributed by atoms with E-state index < -0.39 is 0 Å². The molecule has 0 radical (unpaired) electrons. The summed E-state index contributed by atoms with van der Waals surface area (Å²) in [4.78, 5) is 2.29. The van der Waals surface area contributed by atoms with Gasteiger partial charge in [-0.3, -0.25) is 0 Å². The molecule has 0 aliphatic heterocycles. The van der Waals surface area contributed by atoms with E-state index in [1.165, 1.54) is 36.8 Å². The topological polar surface area (TPSA) is 23.5 Å². The average Bonchev–Trinajstić information content (AvgIpc) is 2.81. The Morgan fingerprint density at radius 3 is 2.58 bits per heavy atom. The van der Waals surface area contributed by atoms with Gasteiger partial charge in [0.1, 0.15) is 0 Å². The minimum Gasteiger partial charge on any atom is -0.387 e. The predicted octanol–water partition coefficient (Wildman–Crippen LogP) is 3.46. The summed E-state index contributed by atoms with van der Waals surface area (Å²) in [5.74, 6) is 0.844. The van der Waals surface area contributed by atoms with Crippen molar-refractivity contribution in [3.05, 3.63) is 34.9 Å². The summed E-state index contributed by atoms with van der Waals surface area (Å²) in [6.45, 7) is 6.04. The minimum atomic E-state index is -0.369. The first-order valence-corrected chi connectivity index (χ1v) is 7.50. The Hall–Kier alpha value is -0.860. The van der Waals surface area contributed by atoms with Gasteiger partial charge >= 0.3 is 0 Å². The zero-order valence-electron chi connectivity index (χ0n) is 12.5. The van der Waals surface area contributed by atoms with Gasteiger partial charge in [0.05, 0.1) is 6.10 Å². The van der Waals surface area contributed by atoms with Crippen molar-refractivity contribution in [3.8, 4) is 0 Å². The monoisotopic (exact) mass is 261 g/mol. The van der Waals surface area contributed by atoms with Gasteiger partial charge in [-0.2, -0.15) is 0 Å². The van der Waals surface area contributed by atoms with Crippen molar-refractivity contribution in [1.82, 2.24) is 4.90 Å².